The van der Waals surface area contributed by atoms with Gasteiger partial charge in [0, 0.05) is 6.10 Å². The molecule has 0 unspecified atom stereocenters. The largest absolute Gasteiger partial charge is 0.480 e. The second-order valence-electron chi connectivity index (χ2n) is 13.7. The molecule has 0 saturated heterocycles. The highest BCUT2D eigenvalue weighted by atomic mass is 28.4. The molecular weight excluding hydrogens is 416 g/mol. The van der Waals surface area contributed by atoms with Gasteiger partial charge in [-0.05, 0) is 110 Å². The maximum absolute atomic E-state index is 11.1. The van der Waals surface area contributed by atoms with Gasteiger partial charge in [-0.15, -0.1) is 0 Å². The second kappa shape index (κ2) is 8.37. The van der Waals surface area contributed by atoms with E-state index >= 15 is 0 Å². The summed E-state index contributed by atoms with van der Waals surface area (Å²) in [5.41, 5.74) is 0.625. The van der Waals surface area contributed by atoms with Crippen LogP contribution >= 0.6 is 0 Å². The van der Waals surface area contributed by atoms with Crippen LogP contribution in [0.2, 0.25) is 18.1 Å². The number of carboxylic acids is 1. The summed E-state index contributed by atoms with van der Waals surface area (Å²) < 4.78 is 12.8. The molecule has 4 nitrogen and oxygen atoms in total. The standard InChI is InChI=1S/C27H48O4Si/c1-25(2,3)32(6,7)31-19-12-14-26(4)18(16-19)8-9-20-21-10-11-23(30-17-24(28)29)27(21,5)15-13-22(20)26/h18-23H,8-17H2,1-7H3,(H,28,29)/t18-,19-,20-,21-,22-,23-,26-,27-/m0/s1. The minimum absolute atomic E-state index is 0.129. The third kappa shape index (κ3) is 4.13. The first-order chi connectivity index (χ1) is 14.8. The van der Waals surface area contributed by atoms with Gasteiger partial charge in [0.15, 0.2) is 8.32 Å². The van der Waals surface area contributed by atoms with Crippen LogP contribution in [-0.2, 0) is 14.0 Å². The molecule has 0 aromatic rings. The minimum atomic E-state index is -1.71. The van der Waals surface area contributed by atoms with Crippen LogP contribution < -0.4 is 0 Å². The molecule has 32 heavy (non-hydrogen) atoms. The number of carboxylic acid groups (broad SMARTS) is 1. The maximum Gasteiger partial charge on any atom is 0.329 e. The van der Waals surface area contributed by atoms with Gasteiger partial charge in [-0.25, -0.2) is 4.79 Å². The van der Waals surface area contributed by atoms with E-state index in [0.29, 0.717) is 17.4 Å². The lowest BCUT2D eigenvalue weighted by atomic mass is 9.45. The van der Waals surface area contributed by atoms with Crippen molar-refractivity contribution in [2.45, 2.75) is 123 Å². The number of hydrogen-bond donors (Lipinski definition) is 1. The first-order valence-electron chi connectivity index (χ1n) is 13.3. The van der Waals surface area contributed by atoms with Gasteiger partial charge in [-0.1, -0.05) is 34.6 Å². The fourth-order valence-electron chi connectivity index (χ4n) is 8.32. The summed E-state index contributed by atoms with van der Waals surface area (Å²) in [6.07, 6.45) is 11.9. The number of fused-ring (bicyclic) bond motifs is 5. The Hall–Kier alpha value is -0.393. The predicted octanol–water partition coefficient (Wildman–Crippen LogP) is 6.89. The van der Waals surface area contributed by atoms with Crippen molar-refractivity contribution in [3.05, 3.63) is 0 Å². The SMILES string of the molecule is CC(C)(C)[Si](C)(C)O[C@H]1CC[C@@]2(C)[C@@H](CC[C@@H]3[C@@H]2CC[C@]2(C)[C@@H](OCC(=O)O)CC[C@@H]32)C1. The zero-order valence-electron chi connectivity index (χ0n) is 21.7. The number of ether oxygens (including phenoxy) is 1. The molecule has 0 amide bonds. The molecule has 0 aliphatic heterocycles. The van der Waals surface area contributed by atoms with Crippen molar-refractivity contribution in [1.29, 1.82) is 0 Å². The van der Waals surface area contributed by atoms with Crippen LogP contribution in [0.15, 0.2) is 0 Å². The highest BCUT2D eigenvalue weighted by Gasteiger charge is 2.60. The molecular formula is C27H48O4Si. The van der Waals surface area contributed by atoms with Gasteiger partial charge in [0.1, 0.15) is 6.61 Å². The smallest absolute Gasteiger partial charge is 0.329 e. The van der Waals surface area contributed by atoms with Crippen LogP contribution in [0.25, 0.3) is 0 Å². The van der Waals surface area contributed by atoms with E-state index in [1.807, 2.05) is 0 Å². The van der Waals surface area contributed by atoms with E-state index < -0.39 is 14.3 Å². The lowest BCUT2D eigenvalue weighted by Gasteiger charge is -2.61. The van der Waals surface area contributed by atoms with Crippen molar-refractivity contribution >= 4 is 14.3 Å². The Morgan fingerprint density at radius 3 is 2.28 bits per heavy atom. The normalized spacial score (nSPS) is 44.5. The lowest BCUT2D eigenvalue weighted by Crippen LogP contribution is -2.55. The zero-order valence-corrected chi connectivity index (χ0v) is 22.7. The van der Waals surface area contributed by atoms with Crippen molar-refractivity contribution in [1.82, 2.24) is 0 Å². The highest BCUT2D eigenvalue weighted by molar-refractivity contribution is 6.74. The molecule has 0 bridgehead atoms. The molecule has 0 aromatic heterocycles. The van der Waals surface area contributed by atoms with Gasteiger partial charge >= 0.3 is 5.97 Å². The van der Waals surface area contributed by atoms with Gasteiger partial charge < -0.3 is 14.3 Å². The van der Waals surface area contributed by atoms with Crippen LogP contribution in [0.5, 0.6) is 0 Å². The molecule has 0 aromatic carbocycles. The Balaban J connectivity index is 1.44. The molecule has 0 spiro atoms. The summed E-state index contributed by atoms with van der Waals surface area (Å²) in [5.74, 6) is 2.30. The monoisotopic (exact) mass is 464 g/mol. The molecule has 4 fully saturated rings. The number of rotatable bonds is 5. The van der Waals surface area contributed by atoms with E-state index in [-0.39, 0.29) is 23.2 Å². The molecule has 4 saturated carbocycles. The summed E-state index contributed by atoms with van der Waals surface area (Å²) in [4.78, 5) is 11.1. The Labute approximate surface area is 197 Å². The highest BCUT2D eigenvalue weighted by Crippen LogP contribution is 2.66. The predicted molar refractivity (Wildman–Crippen MR) is 131 cm³/mol. The first-order valence-corrected chi connectivity index (χ1v) is 16.2. The van der Waals surface area contributed by atoms with E-state index in [2.05, 4.69) is 47.7 Å². The lowest BCUT2D eigenvalue weighted by molar-refractivity contribution is -0.155. The number of aliphatic carboxylic acids is 1. The molecule has 4 rings (SSSR count). The first kappa shape index (κ1) is 24.7. The minimum Gasteiger partial charge on any atom is -0.480 e. The van der Waals surface area contributed by atoms with Crippen molar-refractivity contribution in [3.8, 4) is 0 Å². The zero-order chi connectivity index (χ0) is 23.5. The summed E-state index contributed by atoms with van der Waals surface area (Å²) in [7, 11) is -1.71. The fraction of sp³-hybridized carbons (Fsp3) is 0.963. The molecule has 184 valence electrons. The van der Waals surface area contributed by atoms with Gasteiger partial charge in [0.05, 0.1) is 6.10 Å². The number of carbonyl (C=O) groups is 1. The van der Waals surface area contributed by atoms with E-state index in [1.54, 1.807) is 0 Å². The van der Waals surface area contributed by atoms with Crippen LogP contribution in [0.1, 0.15) is 92.4 Å². The molecule has 1 N–H and O–H groups in total. The molecule has 4 aliphatic rings. The molecule has 0 heterocycles. The third-order valence-electron chi connectivity index (χ3n) is 11.2. The molecule has 5 heteroatoms. The molecule has 0 radical (unpaired) electrons. The summed E-state index contributed by atoms with van der Waals surface area (Å²) in [6, 6.07) is 0. The quantitative estimate of drug-likeness (QED) is 0.450. The topological polar surface area (TPSA) is 55.8 Å². The Kier molecular flexibility index (Phi) is 6.47. The van der Waals surface area contributed by atoms with Crippen LogP contribution in [-0.4, -0.2) is 38.2 Å². The van der Waals surface area contributed by atoms with Gasteiger partial charge in [0.25, 0.3) is 0 Å². The summed E-state index contributed by atoms with van der Waals surface area (Å²) in [6.45, 7) is 16.8. The van der Waals surface area contributed by atoms with E-state index in [0.717, 1.165) is 24.2 Å². The van der Waals surface area contributed by atoms with Crippen molar-refractivity contribution < 1.29 is 19.1 Å². The van der Waals surface area contributed by atoms with Crippen molar-refractivity contribution in [3.63, 3.8) is 0 Å². The van der Waals surface area contributed by atoms with E-state index in [4.69, 9.17) is 14.3 Å². The summed E-state index contributed by atoms with van der Waals surface area (Å²) in [5, 5.41) is 9.39. The van der Waals surface area contributed by atoms with Crippen LogP contribution in [0.4, 0.5) is 0 Å². The fourth-order valence-corrected chi connectivity index (χ4v) is 9.72. The van der Waals surface area contributed by atoms with Crippen molar-refractivity contribution in [2.75, 3.05) is 6.61 Å². The third-order valence-corrected chi connectivity index (χ3v) is 15.7. The summed E-state index contributed by atoms with van der Waals surface area (Å²) >= 11 is 0. The Morgan fingerprint density at radius 2 is 1.62 bits per heavy atom. The average molecular weight is 465 g/mol. The Bertz CT molecular complexity index is 715. The second-order valence-corrected chi connectivity index (χ2v) is 18.5. The molecule has 8 atom stereocenters. The van der Waals surface area contributed by atoms with Gasteiger partial charge in [-0.2, -0.15) is 0 Å². The van der Waals surface area contributed by atoms with E-state index in [9.17, 15) is 4.79 Å². The van der Waals surface area contributed by atoms with Gasteiger partial charge in [0.2, 0.25) is 0 Å². The maximum atomic E-state index is 11.1. The van der Waals surface area contributed by atoms with Crippen LogP contribution in [0, 0.1) is 34.5 Å². The Morgan fingerprint density at radius 1 is 0.969 bits per heavy atom. The average Bonchev–Trinajstić information content (AvgIpc) is 3.02. The van der Waals surface area contributed by atoms with E-state index in [1.165, 1.54) is 51.4 Å². The van der Waals surface area contributed by atoms with Crippen LogP contribution in [0.3, 0.4) is 0 Å². The molecule has 4 aliphatic carbocycles. The van der Waals surface area contributed by atoms with Crippen molar-refractivity contribution in [2.24, 2.45) is 34.5 Å². The van der Waals surface area contributed by atoms with Gasteiger partial charge in [-0.3, -0.25) is 0 Å². The number of hydrogen-bond acceptors (Lipinski definition) is 3.